The van der Waals surface area contributed by atoms with E-state index in [-0.39, 0.29) is 5.88 Å². The van der Waals surface area contributed by atoms with E-state index < -0.39 is 0 Å². The van der Waals surface area contributed by atoms with E-state index in [1.807, 2.05) is 31.4 Å². The fourth-order valence-corrected chi connectivity index (χ4v) is 2.24. The van der Waals surface area contributed by atoms with Gasteiger partial charge in [-0.3, -0.25) is 9.67 Å². The molecule has 0 aliphatic carbocycles. The summed E-state index contributed by atoms with van der Waals surface area (Å²) in [5.41, 5.74) is 9.94. The number of anilines is 1. The van der Waals surface area contributed by atoms with Crippen molar-refractivity contribution in [1.29, 1.82) is 0 Å². The molecule has 3 aromatic heterocycles. The quantitative estimate of drug-likeness (QED) is 0.788. The first-order valence-corrected chi connectivity index (χ1v) is 6.40. The highest BCUT2D eigenvalue weighted by atomic mass is 16.5. The first kappa shape index (κ1) is 12.4. The van der Waals surface area contributed by atoms with Gasteiger partial charge in [0.2, 0.25) is 5.88 Å². The summed E-state index contributed by atoms with van der Waals surface area (Å²) in [5, 5.41) is 8.51. The molecular weight excluding hydrogens is 254 g/mol. The summed E-state index contributed by atoms with van der Waals surface area (Å²) in [4.78, 5) is 4.32. The van der Waals surface area contributed by atoms with Gasteiger partial charge in [0.25, 0.3) is 0 Å². The summed E-state index contributed by atoms with van der Waals surface area (Å²) in [6.45, 7) is 2.05. The van der Waals surface area contributed by atoms with Crippen LogP contribution in [0.25, 0.3) is 22.5 Å². The summed E-state index contributed by atoms with van der Waals surface area (Å²) in [6.07, 6.45) is 4.45. The van der Waals surface area contributed by atoms with Gasteiger partial charge >= 0.3 is 0 Å². The SMILES string of the molecule is CCc1nn(C)cc1-c1noc(N)c1-c1ccccn1. The summed E-state index contributed by atoms with van der Waals surface area (Å²) in [6, 6.07) is 5.64. The Labute approximate surface area is 116 Å². The van der Waals surface area contributed by atoms with E-state index in [1.54, 1.807) is 10.9 Å². The third-order valence-corrected chi connectivity index (χ3v) is 3.13. The molecule has 6 nitrogen and oxygen atoms in total. The molecule has 0 aliphatic heterocycles. The van der Waals surface area contributed by atoms with E-state index in [1.165, 1.54) is 0 Å². The second kappa shape index (κ2) is 4.80. The van der Waals surface area contributed by atoms with Crippen LogP contribution in [0.2, 0.25) is 0 Å². The van der Waals surface area contributed by atoms with Gasteiger partial charge in [0.05, 0.1) is 17.0 Å². The lowest BCUT2D eigenvalue weighted by atomic mass is 10.0. The number of aryl methyl sites for hydroxylation is 2. The molecule has 0 spiro atoms. The zero-order valence-electron chi connectivity index (χ0n) is 11.4. The van der Waals surface area contributed by atoms with Crippen LogP contribution < -0.4 is 5.73 Å². The van der Waals surface area contributed by atoms with E-state index in [2.05, 4.69) is 22.2 Å². The zero-order valence-corrected chi connectivity index (χ0v) is 11.4. The third kappa shape index (κ3) is 1.95. The maximum atomic E-state index is 5.91. The molecule has 0 unspecified atom stereocenters. The molecule has 0 radical (unpaired) electrons. The average molecular weight is 269 g/mol. The van der Waals surface area contributed by atoms with Crippen molar-refractivity contribution in [3.05, 3.63) is 36.3 Å². The number of rotatable bonds is 3. The van der Waals surface area contributed by atoms with Gasteiger partial charge in [0.15, 0.2) is 0 Å². The molecule has 102 valence electrons. The predicted molar refractivity (Wildman–Crippen MR) is 75.7 cm³/mol. The molecule has 0 saturated carbocycles. The van der Waals surface area contributed by atoms with Gasteiger partial charge in [-0.1, -0.05) is 18.1 Å². The number of aromatic nitrogens is 4. The molecule has 0 aliphatic rings. The second-order valence-electron chi connectivity index (χ2n) is 4.50. The first-order valence-electron chi connectivity index (χ1n) is 6.40. The largest absolute Gasteiger partial charge is 0.367 e. The lowest BCUT2D eigenvalue weighted by Crippen LogP contribution is -1.91. The summed E-state index contributed by atoms with van der Waals surface area (Å²) < 4.78 is 6.93. The van der Waals surface area contributed by atoms with Crippen molar-refractivity contribution < 1.29 is 4.52 Å². The monoisotopic (exact) mass is 269 g/mol. The summed E-state index contributed by atoms with van der Waals surface area (Å²) in [5.74, 6) is 0.268. The van der Waals surface area contributed by atoms with Crippen LogP contribution in [0, 0.1) is 0 Å². The minimum absolute atomic E-state index is 0.268. The molecule has 6 heteroatoms. The maximum Gasteiger partial charge on any atom is 0.232 e. The second-order valence-corrected chi connectivity index (χ2v) is 4.50. The molecule has 2 N–H and O–H groups in total. The Bertz CT molecular complexity index is 729. The van der Waals surface area contributed by atoms with Crippen molar-refractivity contribution >= 4 is 5.88 Å². The Hall–Kier alpha value is -2.63. The van der Waals surface area contributed by atoms with Gasteiger partial charge < -0.3 is 10.3 Å². The van der Waals surface area contributed by atoms with Crippen molar-refractivity contribution in [2.45, 2.75) is 13.3 Å². The highest BCUT2D eigenvalue weighted by molar-refractivity contribution is 5.85. The number of pyridine rings is 1. The van der Waals surface area contributed by atoms with E-state index >= 15 is 0 Å². The van der Waals surface area contributed by atoms with Crippen LogP contribution in [0.5, 0.6) is 0 Å². The summed E-state index contributed by atoms with van der Waals surface area (Å²) in [7, 11) is 1.88. The number of hydrogen-bond donors (Lipinski definition) is 1. The van der Waals surface area contributed by atoms with Crippen LogP contribution in [0.15, 0.2) is 35.1 Å². The molecule has 3 aromatic rings. The lowest BCUT2D eigenvalue weighted by Gasteiger charge is -2.01. The van der Waals surface area contributed by atoms with Gasteiger partial charge in [0, 0.05) is 25.0 Å². The highest BCUT2D eigenvalue weighted by Gasteiger charge is 2.21. The Morgan fingerprint density at radius 2 is 2.20 bits per heavy atom. The van der Waals surface area contributed by atoms with Crippen LogP contribution in [-0.4, -0.2) is 19.9 Å². The fourth-order valence-electron chi connectivity index (χ4n) is 2.24. The minimum Gasteiger partial charge on any atom is -0.367 e. The van der Waals surface area contributed by atoms with E-state index in [0.717, 1.165) is 23.4 Å². The first-order chi connectivity index (χ1) is 9.70. The highest BCUT2D eigenvalue weighted by Crippen LogP contribution is 2.36. The molecule has 3 heterocycles. The number of nitrogens with two attached hydrogens (primary N) is 1. The smallest absolute Gasteiger partial charge is 0.232 e. The molecule has 0 saturated heterocycles. The third-order valence-electron chi connectivity index (χ3n) is 3.13. The Morgan fingerprint density at radius 1 is 1.35 bits per heavy atom. The van der Waals surface area contributed by atoms with Crippen molar-refractivity contribution in [2.75, 3.05) is 5.73 Å². The van der Waals surface area contributed by atoms with E-state index in [9.17, 15) is 0 Å². The maximum absolute atomic E-state index is 5.91. The van der Waals surface area contributed by atoms with Gasteiger partial charge in [-0.2, -0.15) is 5.10 Å². The normalized spacial score (nSPS) is 10.9. The molecule has 0 fully saturated rings. The van der Waals surface area contributed by atoms with Crippen molar-refractivity contribution in [2.24, 2.45) is 7.05 Å². The molecule has 20 heavy (non-hydrogen) atoms. The Morgan fingerprint density at radius 3 is 2.90 bits per heavy atom. The van der Waals surface area contributed by atoms with Crippen LogP contribution in [-0.2, 0) is 13.5 Å². The van der Waals surface area contributed by atoms with Gasteiger partial charge in [-0.25, -0.2) is 0 Å². The lowest BCUT2D eigenvalue weighted by molar-refractivity contribution is 0.439. The van der Waals surface area contributed by atoms with Gasteiger partial charge in [0.1, 0.15) is 5.69 Å². The van der Waals surface area contributed by atoms with Crippen LogP contribution in [0.1, 0.15) is 12.6 Å². The standard InChI is InChI=1S/C14H15N5O/c1-3-10-9(8-19(2)17-10)13-12(14(15)20-18-13)11-6-4-5-7-16-11/h4-8H,3,15H2,1-2H3. The van der Waals surface area contributed by atoms with Crippen molar-refractivity contribution in [3.8, 4) is 22.5 Å². The Kier molecular flexibility index (Phi) is 2.98. The van der Waals surface area contributed by atoms with Gasteiger partial charge in [-0.15, -0.1) is 0 Å². The van der Waals surface area contributed by atoms with Gasteiger partial charge in [-0.05, 0) is 18.6 Å². The minimum atomic E-state index is 0.268. The topological polar surface area (TPSA) is 82.8 Å². The Balaban J connectivity index is 2.21. The molecular formula is C14H15N5O. The number of hydrogen-bond acceptors (Lipinski definition) is 5. The molecule has 0 atom stereocenters. The average Bonchev–Trinajstić information content (AvgIpc) is 3.02. The number of nitrogens with zero attached hydrogens (tertiary/aromatic N) is 4. The fraction of sp³-hybridized carbons (Fsp3) is 0.214. The molecule has 3 rings (SSSR count). The molecule has 0 amide bonds. The van der Waals surface area contributed by atoms with Crippen molar-refractivity contribution in [3.63, 3.8) is 0 Å². The zero-order chi connectivity index (χ0) is 14.1. The van der Waals surface area contributed by atoms with E-state index in [4.69, 9.17) is 10.3 Å². The molecule has 0 aromatic carbocycles. The molecule has 0 bridgehead atoms. The number of nitrogen functional groups attached to an aromatic ring is 1. The van der Waals surface area contributed by atoms with Crippen LogP contribution in [0.3, 0.4) is 0 Å². The van der Waals surface area contributed by atoms with Crippen LogP contribution in [0.4, 0.5) is 5.88 Å². The summed E-state index contributed by atoms with van der Waals surface area (Å²) >= 11 is 0. The van der Waals surface area contributed by atoms with Crippen LogP contribution >= 0.6 is 0 Å². The van der Waals surface area contributed by atoms with E-state index in [0.29, 0.717) is 11.3 Å². The predicted octanol–water partition coefficient (Wildman–Crippen LogP) is 2.28. The van der Waals surface area contributed by atoms with Crippen molar-refractivity contribution in [1.82, 2.24) is 19.9 Å².